The summed E-state index contributed by atoms with van der Waals surface area (Å²) in [5.41, 5.74) is 1.24. The van der Waals surface area contributed by atoms with E-state index < -0.39 is 40.8 Å². The molecular weight excluding hydrogens is 537 g/mol. The van der Waals surface area contributed by atoms with Gasteiger partial charge in [0.15, 0.2) is 5.65 Å². The zero-order chi connectivity index (χ0) is 28.1. The van der Waals surface area contributed by atoms with Gasteiger partial charge < -0.3 is 15.0 Å². The molecule has 2 unspecified atom stereocenters. The van der Waals surface area contributed by atoms with Crippen molar-refractivity contribution in [3.05, 3.63) is 54.6 Å². The molecule has 1 aliphatic heterocycles. The summed E-state index contributed by atoms with van der Waals surface area (Å²) >= 11 is 0. The van der Waals surface area contributed by atoms with E-state index in [9.17, 15) is 31.5 Å². The summed E-state index contributed by atoms with van der Waals surface area (Å²) in [7, 11) is -3.94. The smallest absolute Gasteiger partial charge is 0.385 e. The van der Waals surface area contributed by atoms with E-state index in [0.29, 0.717) is 41.8 Å². The van der Waals surface area contributed by atoms with E-state index in [-0.39, 0.29) is 16.6 Å². The third-order valence-corrected chi connectivity index (χ3v) is 8.66. The number of carbonyl (C=O) groups is 1. The van der Waals surface area contributed by atoms with E-state index in [1.54, 1.807) is 43.0 Å². The third kappa shape index (κ3) is 4.99. The molecule has 5 rings (SSSR count). The van der Waals surface area contributed by atoms with Gasteiger partial charge in [0.05, 0.1) is 22.7 Å². The van der Waals surface area contributed by atoms with Crippen molar-refractivity contribution in [2.75, 3.05) is 19.6 Å². The molecule has 10 nitrogen and oxygen atoms in total. The summed E-state index contributed by atoms with van der Waals surface area (Å²) in [6, 6.07) is 8.52. The van der Waals surface area contributed by atoms with Crippen LogP contribution in [0.25, 0.3) is 22.1 Å². The third-order valence-electron chi connectivity index (χ3n) is 6.98. The highest BCUT2D eigenvalue weighted by atomic mass is 32.2. The van der Waals surface area contributed by atoms with Crippen molar-refractivity contribution < 1.29 is 31.5 Å². The molecule has 1 fully saturated rings. The number of nitrogens with one attached hydrogen (secondary N) is 1. The molecule has 3 atom stereocenters. The van der Waals surface area contributed by atoms with Crippen molar-refractivity contribution in [1.29, 1.82) is 0 Å². The minimum absolute atomic E-state index is 0.104. The molecule has 39 heavy (non-hydrogen) atoms. The van der Waals surface area contributed by atoms with Crippen LogP contribution >= 0.6 is 0 Å². The molecule has 0 bridgehead atoms. The Morgan fingerprint density at radius 1 is 1.21 bits per heavy atom. The van der Waals surface area contributed by atoms with Crippen molar-refractivity contribution in [3.8, 4) is 0 Å². The molecule has 0 spiro atoms. The standard InChI is InChI=1S/C25H27F3N6O4S/c1-15(24(36)30-14-25(26,27)28)32-10-8-17(13-32)34-21-19-9-11-33(39(37,38)18-6-4-3-5-7-18)23(19)29-12-20(21)31-22(34)16(2)35/h3-7,9,11-12,15-17,35H,8,10,13-14H2,1-2H3,(H,30,36)/t15?,16?,17-/m0/s1. The summed E-state index contributed by atoms with van der Waals surface area (Å²) in [5, 5.41) is 13.0. The van der Waals surface area contributed by atoms with E-state index >= 15 is 0 Å². The number of alkyl halides is 3. The van der Waals surface area contributed by atoms with Gasteiger partial charge in [-0.15, -0.1) is 0 Å². The monoisotopic (exact) mass is 564 g/mol. The first kappa shape index (κ1) is 27.1. The van der Waals surface area contributed by atoms with Crippen molar-refractivity contribution >= 4 is 38.0 Å². The Hall–Kier alpha value is -3.49. The number of hydrogen-bond acceptors (Lipinski definition) is 7. The largest absolute Gasteiger partial charge is 0.405 e. The molecule has 4 heterocycles. The quantitative estimate of drug-likeness (QED) is 0.354. The predicted octanol–water partition coefficient (Wildman–Crippen LogP) is 2.99. The predicted molar refractivity (Wildman–Crippen MR) is 136 cm³/mol. The number of pyridine rings is 1. The number of nitrogens with zero attached hydrogens (tertiary/aromatic N) is 5. The second-order valence-electron chi connectivity index (χ2n) is 9.62. The summed E-state index contributed by atoms with van der Waals surface area (Å²) in [6.07, 6.45) is -2.06. The van der Waals surface area contributed by atoms with Gasteiger partial charge in [0.2, 0.25) is 5.91 Å². The summed E-state index contributed by atoms with van der Waals surface area (Å²) in [6.45, 7) is 2.46. The number of fused-ring (bicyclic) bond motifs is 3. The second-order valence-corrected chi connectivity index (χ2v) is 11.4. The Morgan fingerprint density at radius 3 is 2.59 bits per heavy atom. The van der Waals surface area contributed by atoms with Crippen molar-refractivity contribution in [1.82, 2.24) is 28.7 Å². The molecule has 208 valence electrons. The number of aliphatic hydroxyl groups excluding tert-OH is 1. The van der Waals surface area contributed by atoms with Crippen LogP contribution in [0.1, 0.15) is 38.2 Å². The lowest BCUT2D eigenvalue weighted by molar-refractivity contribution is -0.141. The molecule has 0 saturated carbocycles. The van der Waals surface area contributed by atoms with E-state index in [4.69, 9.17) is 0 Å². The average Bonchev–Trinajstić information content (AvgIpc) is 3.63. The van der Waals surface area contributed by atoms with Crippen LogP contribution < -0.4 is 5.32 Å². The van der Waals surface area contributed by atoms with Gasteiger partial charge in [-0.3, -0.25) is 9.69 Å². The van der Waals surface area contributed by atoms with Gasteiger partial charge in [0, 0.05) is 30.7 Å². The van der Waals surface area contributed by atoms with E-state index in [2.05, 4.69) is 9.97 Å². The van der Waals surface area contributed by atoms with Gasteiger partial charge in [-0.2, -0.15) is 13.2 Å². The maximum atomic E-state index is 13.3. The normalized spacial score (nSPS) is 18.6. The molecule has 1 saturated heterocycles. The Bertz CT molecular complexity index is 1630. The van der Waals surface area contributed by atoms with Gasteiger partial charge in [-0.25, -0.2) is 22.4 Å². The molecule has 0 aliphatic carbocycles. The highest BCUT2D eigenvalue weighted by Gasteiger charge is 2.35. The van der Waals surface area contributed by atoms with Gasteiger partial charge in [0.1, 0.15) is 24.0 Å². The number of carbonyl (C=O) groups excluding carboxylic acids is 1. The van der Waals surface area contributed by atoms with Gasteiger partial charge >= 0.3 is 6.18 Å². The van der Waals surface area contributed by atoms with Gasteiger partial charge in [0.25, 0.3) is 10.0 Å². The first-order valence-electron chi connectivity index (χ1n) is 12.3. The van der Waals surface area contributed by atoms with Gasteiger partial charge in [-0.1, -0.05) is 18.2 Å². The topological polar surface area (TPSA) is 122 Å². The average molecular weight is 565 g/mol. The first-order chi connectivity index (χ1) is 18.4. The van der Waals surface area contributed by atoms with Crippen LogP contribution in [0.15, 0.2) is 53.7 Å². The van der Waals surface area contributed by atoms with Crippen molar-refractivity contribution in [3.63, 3.8) is 0 Å². The maximum absolute atomic E-state index is 13.3. The zero-order valence-electron chi connectivity index (χ0n) is 21.1. The highest BCUT2D eigenvalue weighted by molar-refractivity contribution is 7.90. The zero-order valence-corrected chi connectivity index (χ0v) is 21.9. The molecule has 1 aliphatic rings. The lowest BCUT2D eigenvalue weighted by atomic mass is 10.2. The van der Waals surface area contributed by atoms with Crippen LogP contribution in [-0.4, -0.2) is 74.7 Å². The molecule has 4 aromatic rings. The molecule has 14 heteroatoms. The van der Waals surface area contributed by atoms with Crippen LogP contribution in [0.3, 0.4) is 0 Å². The van der Waals surface area contributed by atoms with Crippen LogP contribution in [0.4, 0.5) is 13.2 Å². The molecule has 3 aromatic heterocycles. The Morgan fingerprint density at radius 2 is 1.92 bits per heavy atom. The SMILES string of the molecule is CC(O)c1nc2cnc3c(ccn3S(=O)(=O)c3ccccc3)c2n1[C@H]1CCN(C(C)C(=O)NCC(F)(F)F)C1. The first-order valence-corrected chi connectivity index (χ1v) is 13.8. The van der Waals surface area contributed by atoms with Crippen LogP contribution in [0, 0.1) is 0 Å². The Balaban J connectivity index is 1.53. The van der Waals surface area contributed by atoms with Crippen LogP contribution in [0.5, 0.6) is 0 Å². The minimum atomic E-state index is -4.51. The van der Waals surface area contributed by atoms with Crippen molar-refractivity contribution in [2.45, 2.75) is 49.5 Å². The number of amides is 1. The van der Waals surface area contributed by atoms with E-state index in [1.165, 1.54) is 24.5 Å². The van der Waals surface area contributed by atoms with Crippen LogP contribution in [0.2, 0.25) is 0 Å². The fourth-order valence-corrected chi connectivity index (χ4v) is 6.38. The lowest BCUT2D eigenvalue weighted by Crippen LogP contribution is -2.46. The summed E-state index contributed by atoms with van der Waals surface area (Å²) in [5.74, 6) is -0.381. The fourth-order valence-electron chi connectivity index (χ4n) is 5.06. The van der Waals surface area contributed by atoms with Crippen molar-refractivity contribution in [2.24, 2.45) is 0 Å². The number of hydrogen-bond donors (Lipinski definition) is 2. The Labute approximate surface area is 222 Å². The Kier molecular flexibility index (Phi) is 6.89. The lowest BCUT2D eigenvalue weighted by Gasteiger charge is -2.24. The number of rotatable bonds is 7. The molecule has 1 aromatic carbocycles. The summed E-state index contributed by atoms with van der Waals surface area (Å²) < 4.78 is 67.3. The number of benzene rings is 1. The number of likely N-dealkylation sites (tertiary alicyclic amines) is 1. The molecule has 0 radical (unpaired) electrons. The van der Waals surface area contributed by atoms with E-state index in [1.807, 2.05) is 9.88 Å². The fraction of sp³-hybridized carbons (Fsp3) is 0.400. The van der Waals surface area contributed by atoms with E-state index in [0.717, 1.165) is 3.97 Å². The number of aliphatic hydroxyl groups is 1. The number of imidazole rings is 1. The molecule has 1 amide bonds. The highest BCUT2D eigenvalue weighted by Crippen LogP contribution is 2.35. The maximum Gasteiger partial charge on any atom is 0.405 e. The number of aromatic nitrogens is 4. The molecule has 2 N–H and O–H groups in total. The van der Waals surface area contributed by atoms with Crippen LogP contribution in [-0.2, 0) is 14.8 Å². The number of halogens is 3. The second kappa shape index (κ2) is 9.92. The summed E-state index contributed by atoms with van der Waals surface area (Å²) in [4.78, 5) is 23.2. The molecular formula is C25H27F3N6O4S. The minimum Gasteiger partial charge on any atom is -0.385 e. The van der Waals surface area contributed by atoms with Gasteiger partial charge in [-0.05, 0) is 38.5 Å².